The van der Waals surface area contributed by atoms with Crippen molar-refractivity contribution in [2.75, 3.05) is 11.5 Å². The fraction of sp³-hybridized carbons (Fsp3) is 0.692. The maximum atomic E-state index is 4.45. The Balaban J connectivity index is 2.66. The molecule has 0 N–H and O–H groups in total. The van der Waals surface area contributed by atoms with Crippen molar-refractivity contribution in [1.29, 1.82) is 0 Å². The summed E-state index contributed by atoms with van der Waals surface area (Å²) >= 11 is 6.18. The number of hydrogen-bond donors (Lipinski definition) is 1. The lowest BCUT2D eigenvalue weighted by Crippen LogP contribution is -2.24. The molecule has 1 unspecified atom stereocenters. The number of nitrogens with zero attached hydrogens (tertiary/aromatic N) is 2. The van der Waals surface area contributed by atoms with Crippen molar-refractivity contribution < 1.29 is 0 Å². The number of aryl methyl sites for hydroxylation is 2. The van der Waals surface area contributed by atoms with Gasteiger partial charge < -0.3 is 0 Å². The highest BCUT2D eigenvalue weighted by Gasteiger charge is 2.23. The van der Waals surface area contributed by atoms with E-state index in [4.69, 9.17) is 0 Å². The summed E-state index contributed by atoms with van der Waals surface area (Å²) in [5, 5.41) is 0.888. The molecule has 1 rings (SSSR count). The van der Waals surface area contributed by atoms with E-state index < -0.39 is 0 Å². The molecule has 1 atom stereocenters. The standard InChI is InChI=1S/C13H22N2S2/c1-9-6-10(2)15-12(14-9)17-8-11(7-16)13(3,4)5/h6,11,16H,7-8H2,1-5H3. The average Bonchev–Trinajstić information content (AvgIpc) is 2.14. The van der Waals surface area contributed by atoms with Crippen LogP contribution in [0.15, 0.2) is 11.2 Å². The molecule has 0 bridgehead atoms. The molecule has 0 spiro atoms. The molecule has 96 valence electrons. The van der Waals surface area contributed by atoms with Crippen LogP contribution >= 0.6 is 24.4 Å². The number of rotatable bonds is 4. The van der Waals surface area contributed by atoms with E-state index in [1.807, 2.05) is 19.9 Å². The molecule has 1 heterocycles. The van der Waals surface area contributed by atoms with Gasteiger partial charge in [0, 0.05) is 17.1 Å². The Bertz CT molecular complexity index is 352. The van der Waals surface area contributed by atoms with Crippen LogP contribution in [0, 0.1) is 25.2 Å². The zero-order valence-corrected chi connectivity index (χ0v) is 13.0. The Kier molecular flexibility index (Phi) is 5.32. The molecule has 2 nitrogen and oxygen atoms in total. The van der Waals surface area contributed by atoms with E-state index >= 15 is 0 Å². The Hall–Kier alpha value is -0.220. The highest BCUT2D eigenvalue weighted by molar-refractivity contribution is 7.99. The average molecular weight is 270 g/mol. The Morgan fingerprint density at radius 2 is 1.76 bits per heavy atom. The number of hydrogen-bond acceptors (Lipinski definition) is 4. The molecule has 0 radical (unpaired) electrons. The molecule has 0 saturated carbocycles. The van der Waals surface area contributed by atoms with Crippen LogP contribution < -0.4 is 0 Å². The van der Waals surface area contributed by atoms with Crippen LogP contribution in [0.2, 0.25) is 0 Å². The first kappa shape index (κ1) is 14.8. The van der Waals surface area contributed by atoms with Gasteiger partial charge in [0.05, 0.1) is 0 Å². The van der Waals surface area contributed by atoms with Gasteiger partial charge in [-0.15, -0.1) is 0 Å². The van der Waals surface area contributed by atoms with Crippen LogP contribution in [0.5, 0.6) is 0 Å². The smallest absolute Gasteiger partial charge is 0.187 e. The maximum absolute atomic E-state index is 4.45. The second-order valence-electron chi connectivity index (χ2n) is 5.49. The second-order valence-corrected chi connectivity index (χ2v) is 6.84. The van der Waals surface area contributed by atoms with Gasteiger partial charge in [-0.3, -0.25) is 0 Å². The van der Waals surface area contributed by atoms with Crippen molar-refractivity contribution in [2.45, 2.75) is 39.8 Å². The van der Waals surface area contributed by atoms with Crippen LogP contribution in [-0.4, -0.2) is 21.5 Å². The van der Waals surface area contributed by atoms with E-state index in [0.717, 1.165) is 28.0 Å². The summed E-state index contributed by atoms with van der Waals surface area (Å²) in [4.78, 5) is 8.90. The van der Waals surface area contributed by atoms with Gasteiger partial charge in [0.2, 0.25) is 0 Å². The molecular formula is C13H22N2S2. The molecule has 0 aliphatic rings. The molecule has 17 heavy (non-hydrogen) atoms. The van der Waals surface area contributed by atoms with Crippen molar-refractivity contribution >= 4 is 24.4 Å². The minimum absolute atomic E-state index is 0.285. The molecule has 0 amide bonds. The van der Waals surface area contributed by atoms with E-state index in [-0.39, 0.29) is 5.41 Å². The first-order valence-electron chi connectivity index (χ1n) is 5.89. The molecule has 0 fully saturated rings. The fourth-order valence-electron chi connectivity index (χ4n) is 1.51. The minimum atomic E-state index is 0.285. The van der Waals surface area contributed by atoms with Crippen molar-refractivity contribution in [1.82, 2.24) is 9.97 Å². The van der Waals surface area contributed by atoms with E-state index in [1.54, 1.807) is 11.8 Å². The van der Waals surface area contributed by atoms with Crippen molar-refractivity contribution in [2.24, 2.45) is 11.3 Å². The Morgan fingerprint density at radius 1 is 1.24 bits per heavy atom. The summed E-state index contributed by atoms with van der Waals surface area (Å²) in [5.74, 6) is 2.50. The maximum Gasteiger partial charge on any atom is 0.187 e. The van der Waals surface area contributed by atoms with Gasteiger partial charge in [-0.2, -0.15) is 12.6 Å². The minimum Gasteiger partial charge on any atom is -0.228 e. The molecule has 0 aliphatic heterocycles. The van der Waals surface area contributed by atoms with E-state index in [9.17, 15) is 0 Å². The summed E-state index contributed by atoms with van der Waals surface area (Å²) in [6.07, 6.45) is 0. The van der Waals surface area contributed by atoms with Gasteiger partial charge in [-0.1, -0.05) is 32.5 Å². The van der Waals surface area contributed by atoms with Crippen LogP contribution in [0.3, 0.4) is 0 Å². The van der Waals surface area contributed by atoms with Crippen molar-refractivity contribution in [3.63, 3.8) is 0 Å². The van der Waals surface area contributed by atoms with Crippen LogP contribution in [0.25, 0.3) is 0 Å². The quantitative estimate of drug-likeness (QED) is 0.512. The molecule has 4 heteroatoms. The number of aromatic nitrogens is 2. The molecule has 1 aromatic rings. The topological polar surface area (TPSA) is 25.8 Å². The first-order chi connectivity index (χ1) is 7.82. The molecule has 1 aromatic heterocycles. The summed E-state index contributed by atoms with van der Waals surface area (Å²) < 4.78 is 0. The number of thiol groups is 1. The highest BCUT2D eigenvalue weighted by atomic mass is 32.2. The number of thioether (sulfide) groups is 1. The molecular weight excluding hydrogens is 248 g/mol. The Labute approximate surface area is 114 Å². The summed E-state index contributed by atoms with van der Waals surface area (Å²) in [6, 6.07) is 2.00. The predicted octanol–water partition coefficient (Wildman–Crippen LogP) is 3.78. The van der Waals surface area contributed by atoms with Crippen molar-refractivity contribution in [3.05, 3.63) is 17.5 Å². The van der Waals surface area contributed by atoms with Crippen LogP contribution in [0.1, 0.15) is 32.2 Å². The predicted molar refractivity (Wildman–Crippen MR) is 79.0 cm³/mol. The summed E-state index contributed by atoms with van der Waals surface area (Å²) in [6.45, 7) is 10.8. The van der Waals surface area contributed by atoms with Gasteiger partial charge in [0.15, 0.2) is 5.16 Å². The van der Waals surface area contributed by atoms with Gasteiger partial charge >= 0.3 is 0 Å². The van der Waals surface area contributed by atoms with Crippen molar-refractivity contribution in [3.8, 4) is 0 Å². The van der Waals surface area contributed by atoms with Gasteiger partial charge in [-0.05, 0) is 37.0 Å². The third-order valence-corrected chi connectivity index (χ3v) is 4.27. The van der Waals surface area contributed by atoms with Crippen LogP contribution in [-0.2, 0) is 0 Å². The third kappa shape index (κ3) is 4.88. The largest absolute Gasteiger partial charge is 0.228 e. The van der Waals surface area contributed by atoms with E-state index in [1.165, 1.54) is 0 Å². The SMILES string of the molecule is Cc1cc(C)nc(SCC(CS)C(C)(C)C)n1. The third-order valence-electron chi connectivity index (χ3n) is 2.82. The summed E-state index contributed by atoms with van der Waals surface area (Å²) in [7, 11) is 0. The molecule has 0 aliphatic carbocycles. The fourth-order valence-corrected chi connectivity index (χ4v) is 3.75. The normalized spacial score (nSPS) is 13.8. The van der Waals surface area contributed by atoms with Gasteiger partial charge in [0.1, 0.15) is 0 Å². The molecule has 0 aromatic carbocycles. The highest BCUT2D eigenvalue weighted by Crippen LogP contribution is 2.31. The lowest BCUT2D eigenvalue weighted by Gasteiger charge is -2.28. The summed E-state index contributed by atoms with van der Waals surface area (Å²) in [5.41, 5.74) is 2.37. The second kappa shape index (κ2) is 6.10. The Morgan fingerprint density at radius 3 is 2.18 bits per heavy atom. The zero-order valence-electron chi connectivity index (χ0n) is 11.3. The van der Waals surface area contributed by atoms with Gasteiger partial charge in [-0.25, -0.2) is 9.97 Å². The van der Waals surface area contributed by atoms with Gasteiger partial charge in [0.25, 0.3) is 0 Å². The molecule has 0 saturated heterocycles. The van der Waals surface area contributed by atoms with Crippen LogP contribution in [0.4, 0.5) is 0 Å². The van der Waals surface area contributed by atoms with E-state index in [2.05, 4.69) is 43.4 Å². The lowest BCUT2D eigenvalue weighted by atomic mass is 9.83. The lowest BCUT2D eigenvalue weighted by molar-refractivity contribution is 0.294. The zero-order chi connectivity index (χ0) is 13.1. The first-order valence-corrected chi connectivity index (χ1v) is 7.50. The van der Waals surface area contributed by atoms with E-state index in [0.29, 0.717) is 5.92 Å². The monoisotopic (exact) mass is 270 g/mol.